The van der Waals surface area contributed by atoms with Crippen LogP contribution < -0.4 is 0 Å². The maximum absolute atomic E-state index is 5.84. The van der Waals surface area contributed by atoms with E-state index in [9.17, 15) is 0 Å². The van der Waals surface area contributed by atoms with E-state index >= 15 is 0 Å². The minimum absolute atomic E-state index is 0.462. The lowest BCUT2D eigenvalue weighted by Crippen LogP contribution is -2.18. The fourth-order valence-corrected chi connectivity index (χ4v) is 2.50. The number of aromatic nitrogens is 3. The molecular weight excluding hydrogens is 270 g/mol. The van der Waals surface area contributed by atoms with Gasteiger partial charge in [0, 0.05) is 24.5 Å². The fourth-order valence-electron chi connectivity index (χ4n) is 2.32. The van der Waals surface area contributed by atoms with Gasteiger partial charge in [-0.25, -0.2) is 9.97 Å². The summed E-state index contributed by atoms with van der Waals surface area (Å²) in [6.07, 6.45) is 7.76. The van der Waals surface area contributed by atoms with Gasteiger partial charge >= 0.3 is 0 Å². The molecule has 0 atom stereocenters. The van der Waals surface area contributed by atoms with Crippen LogP contribution >= 0.6 is 11.6 Å². The predicted molar refractivity (Wildman–Crippen MR) is 79.5 cm³/mol. The maximum atomic E-state index is 5.84. The summed E-state index contributed by atoms with van der Waals surface area (Å²) in [6, 6.07) is 3.60. The minimum atomic E-state index is 0.462. The molecule has 1 saturated carbocycles. The molecule has 2 heterocycles. The van der Waals surface area contributed by atoms with Crippen LogP contribution in [-0.4, -0.2) is 14.5 Å². The summed E-state index contributed by atoms with van der Waals surface area (Å²) in [5, 5.41) is 0.462. The van der Waals surface area contributed by atoms with Gasteiger partial charge in [-0.2, -0.15) is 0 Å². The molecule has 2 aromatic heterocycles. The number of hydrogen-bond donors (Lipinski definition) is 0. The molecule has 20 heavy (non-hydrogen) atoms. The lowest BCUT2D eigenvalue weighted by molar-refractivity contribution is 0.274. The number of rotatable bonds is 2. The van der Waals surface area contributed by atoms with Gasteiger partial charge in [0.1, 0.15) is 16.7 Å². The summed E-state index contributed by atoms with van der Waals surface area (Å²) in [4.78, 5) is 8.44. The van der Waals surface area contributed by atoms with Gasteiger partial charge in [0.15, 0.2) is 0 Å². The first-order valence-corrected chi connectivity index (χ1v) is 7.26. The Labute approximate surface area is 124 Å². The van der Waals surface area contributed by atoms with Crippen molar-refractivity contribution in [1.29, 1.82) is 0 Å². The number of nitrogens with zero attached hydrogens (tertiary/aromatic N) is 3. The quantitative estimate of drug-likeness (QED) is 0.625. The number of pyridine rings is 1. The van der Waals surface area contributed by atoms with Crippen LogP contribution in [0.3, 0.4) is 0 Å². The molecule has 3 nitrogen and oxygen atoms in total. The summed E-state index contributed by atoms with van der Waals surface area (Å²) < 4.78 is 2.22. The van der Waals surface area contributed by atoms with Crippen molar-refractivity contribution in [2.75, 3.05) is 0 Å². The molecule has 4 heteroatoms. The topological polar surface area (TPSA) is 30.7 Å². The molecule has 3 rings (SSSR count). The first kappa shape index (κ1) is 13.2. The van der Waals surface area contributed by atoms with Crippen LogP contribution in [0, 0.1) is 24.7 Å². The molecule has 0 aromatic carbocycles. The third-order valence-corrected chi connectivity index (χ3v) is 3.92. The first-order valence-electron chi connectivity index (χ1n) is 6.88. The Morgan fingerprint density at radius 2 is 2.25 bits per heavy atom. The highest BCUT2D eigenvalue weighted by Gasteiger charge is 2.18. The third-order valence-electron chi connectivity index (χ3n) is 3.72. The van der Waals surface area contributed by atoms with E-state index in [-0.39, 0.29) is 0 Å². The third kappa shape index (κ3) is 3.02. The molecule has 0 bridgehead atoms. The van der Waals surface area contributed by atoms with E-state index in [0.29, 0.717) is 5.15 Å². The molecule has 1 aliphatic rings. The van der Waals surface area contributed by atoms with E-state index < -0.39 is 0 Å². The van der Waals surface area contributed by atoms with Crippen LogP contribution in [0.1, 0.15) is 36.3 Å². The van der Waals surface area contributed by atoms with Crippen molar-refractivity contribution >= 4 is 11.6 Å². The van der Waals surface area contributed by atoms with Crippen molar-refractivity contribution in [3.63, 3.8) is 0 Å². The molecule has 0 radical (unpaired) electrons. The van der Waals surface area contributed by atoms with Crippen molar-refractivity contribution < 1.29 is 0 Å². The Bertz CT molecular complexity index is 675. The van der Waals surface area contributed by atoms with E-state index in [0.717, 1.165) is 29.5 Å². The van der Waals surface area contributed by atoms with Gasteiger partial charge in [-0.05, 0) is 43.7 Å². The smallest absolute Gasteiger partial charge is 0.131 e. The van der Waals surface area contributed by atoms with Gasteiger partial charge < -0.3 is 4.57 Å². The summed E-state index contributed by atoms with van der Waals surface area (Å²) in [5.41, 5.74) is 1.67. The van der Waals surface area contributed by atoms with Crippen LogP contribution in [0.2, 0.25) is 5.15 Å². The van der Waals surface area contributed by atoms with Crippen LogP contribution in [0.5, 0.6) is 0 Å². The Hall–Kier alpha value is -1.79. The number of imidazole rings is 1. The van der Waals surface area contributed by atoms with Crippen molar-refractivity contribution in [3.8, 4) is 11.8 Å². The van der Waals surface area contributed by atoms with Crippen LogP contribution in [0.4, 0.5) is 0 Å². The van der Waals surface area contributed by atoms with Crippen molar-refractivity contribution in [3.05, 3.63) is 46.8 Å². The summed E-state index contributed by atoms with van der Waals surface area (Å²) >= 11 is 5.84. The van der Waals surface area contributed by atoms with Gasteiger partial charge in [0.2, 0.25) is 0 Å². The van der Waals surface area contributed by atoms with E-state index in [2.05, 4.69) is 26.4 Å². The average molecular weight is 286 g/mol. The Morgan fingerprint density at radius 3 is 2.95 bits per heavy atom. The van der Waals surface area contributed by atoms with Crippen molar-refractivity contribution in [1.82, 2.24) is 14.5 Å². The lowest BCUT2D eigenvalue weighted by atomic mass is 9.85. The molecular formula is C16H16ClN3. The van der Waals surface area contributed by atoms with E-state index in [4.69, 9.17) is 11.6 Å². The van der Waals surface area contributed by atoms with Gasteiger partial charge in [0.25, 0.3) is 0 Å². The monoisotopic (exact) mass is 285 g/mol. The average Bonchev–Trinajstić information content (AvgIpc) is 2.72. The zero-order chi connectivity index (χ0) is 13.9. The van der Waals surface area contributed by atoms with E-state index in [1.807, 2.05) is 19.2 Å². The zero-order valence-electron chi connectivity index (χ0n) is 11.4. The van der Waals surface area contributed by atoms with Gasteiger partial charge in [-0.3, -0.25) is 0 Å². The molecule has 102 valence electrons. The van der Waals surface area contributed by atoms with Gasteiger partial charge in [-0.1, -0.05) is 23.9 Å². The molecule has 0 N–H and O–H groups in total. The van der Waals surface area contributed by atoms with Crippen LogP contribution in [0.15, 0.2) is 24.5 Å². The van der Waals surface area contributed by atoms with Crippen LogP contribution in [0.25, 0.3) is 0 Å². The Morgan fingerprint density at radius 1 is 1.40 bits per heavy atom. The summed E-state index contributed by atoms with van der Waals surface area (Å²) in [6.45, 7) is 3.11. The second kappa shape index (κ2) is 5.68. The largest absolute Gasteiger partial charge is 0.334 e. The fraction of sp³-hybridized carbons (Fsp3) is 0.375. The second-order valence-corrected chi connectivity index (χ2v) is 5.63. The molecule has 0 unspecified atom stereocenters. The number of hydrogen-bond acceptors (Lipinski definition) is 2. The molecule has 1 fully saturated rings. The van der Waals surface area contributed by atoms with E-state index in [1.54, 1.807) is 12.3 Å². The van der Waals surface area contributed by atoms with Crippen LogP contribution in [-0.2, 0) is 6.54 Å². The standard InChI is InChI=1S/C16H16ClN3/c1-12-19-15(11-20(12)10-14-3-2-4-14)6-5-13-7-8-18-16(17)9-13/h7-9,11,14H,2-4,10H2,1H3. The highest BCUT2D eigenvalue weighted by Crippen LogP contribution is 2.28. The number of halogens is 1. The highest BCUT2D eigenvalue weighted by atomic mass is 35.5. The van der Waals surface area contributed by atoms with Crippen molar-refractivity contribution in [2.24, 2.45) is 5.92 Å². The normalized spacial score (nSPS) is 14.5. The zero-order valence-corrected chi connectivity index (χ0v) is 12.2. The first-order chi connectivity index (χ1) is 9.70. The summed E-state index contributed by atoms with van der Waals surface area (Å²) in [7, 11) is 0. The predicted octanol–water partition coefficient (Wildman–Crippen LogP) is 3.44. The summed E-state index contributed by atoms with van der Waals surface area (Å²) in [5.74, 6) is 8.02. The minimum Gasteiger partial charge on any atom is -0.334 e. The van der Waals surface area contributed by atoms with Crippen molar-refractivity contribution in [2.45, 2.75) is 32.7 Å². The van der Waals surface area contributed by atoms with Gasteiger partial charge in [-0.15, -0.1) is 0 Å². The lowest BCUT2D eigenvalue weighted by Gasteiger charge is -2.25. The molecule has 0 amide bonds. The van der Waals surface area contributed by atoms with Gasteiger partial charge in [0.05, 0.1) is 0 Å². The molecule has 2 aromatic rings. The molecule has 0 saturated heterocycles. The second-order valence-electron chi connectivity index (χ2n) is 5.24. The molecule has 0 aliphatic heterocycles. The Kier molecular flexibility index (Phi) is 3.75. The SMILES string of the molecule is Cc1nc(C#Cc2ccnc(Cl)c2)cn1CC1CCC1. The molecule has 0 spiro atoms. The molecule has 1 aliphatic carbocycles. The Balaban J connectivity index is 1.76. The van der Waals surface area contributed by atoms with E-state index in [1.165, 1.54) is 19.3 Å². The maximum Gasteiger partial charge on any atom is 0.131 e. The highest BCUT2D eigenvalue weighted by molar-refractivity contribution is 6.29. The number of aryl methyl sites for hydroxylation is 1.